The van der Waals surface area contributed by atoms with E-state index >= 15 is 0 Å². The summed E-state index contributed by atoms with van der Waals surface area (Å²) in [5.41, 5.74) is 8.46. The number of rotatable bonds is 6. The summed E-state index contributed by atoms with van der Waals surface area (Å²) in [6.45, 7) is 6.50. The molecule has 1 aliphatic heterocycles. The molecule has 0 spiro atoms. The average molecular weight is 544 g/mol. The van der Waals surface area contributed by atoms with Gasteiger partial charge in [-0.3, -0.25) is 10.1 Å². The summed E-state index contributed by atoms with van der Waals surface area (Å²) in [5.74, 6) is 0.209. The van der Waals surface area contributed by atoms with Crippen molar-refractivity contribution in [3.8, 4) is 33.6 Å². The Bertz CT molecular complexity index is 1890. The van der Waals surface area contributed by atoms with Crippen molar-refractivity contribution in [1.82, 2.24) is 30.0 Å². The van der Waals surface area contributed by atoms with E-state index in [0.717, 1.165) is 81.7 Å². The first-order valence-corrected chi connectivity index (χ1v) is 13.8. The number of aromatic amines is 2. The van der Waals surface area contributed by atoms with E-state index in [0.29, 0.717) is 17.1 Å². The number of pyridine rings is 2. The van der Waals surface area contributed by atoms with Crippen LogP contribution in [-0.2, 0) is 0 Å². The fourth-order valence-electron chi connectivity index (χ4n) is 5.78. The topological polar surface area (TPSA) is 85.5 Å². The minimum Gasteiger partial charge on any atom is -0.358 e. The van der Waals surface area contributed by atoms with Crippen molar-refractivity contribution >= 4 is 27.6 Å². The zero-order valence-electron chi connectivity index (χ0n) is 22.8. The Morgan fingerprint density at radius 3 is 2.61 bits per heavy atom. The van der Waals surface area contributed by atoms with E-state index in [9.17, 15) is 4.39 Å². The molecule has 1 saturated heterocycles. The smallest absolute Gasteiger partial charge is 0.181 e. The lowest BCUT2D eigenvalue weighted by atomic mass is 9.94. The third-order valence-electron chi connectivity index (χ3n) is 8.09. The number of hydrogen-bond donors (Lipinski definition) is 3. The molecule has 6 aromatic rings. The minimum atomic E-state index is -0.246. The molecular formula is C33H30FN7. The number of fused-ring (bicyclic) bond motifs is 2. The predicted molar refractivity (Wildman–Crippen MR) is 163 cm³/mol. The molecule has 8 heteroatoms. The highest BCUT2D eigenvalue weighted by Gasteiger charge is 2.20. The zero-order valence-corrected chi connectivity index (χ0v) is 22.8. The number of piperidine rings is 1. The SMILES string of the molecule is C=C(Nc1cncc(-c2cnc3n[nH]c(-c4cc5c(-c6ccccc6F)cccc5[nH]4)c3c2)c1)C1CCN(C)CC1. The lowest BCUT2D eigenvalue weighted by Gasteiger charge is -2.30. The van der Waals surface area contributed by atoms with Gasteiger partial charge >= 0.3 is 0 Å². The van der Waals surface area contributed by atoms with Crippen LogP contribution in [0.3, 0.4) is 0 Å². The highest BCUT2D eigenvalue weighted by molar-refractivity contribution is 6.01. The van der Waals surface area contributed by atoms with Gasteiger partial charge in [-0.05, 0) is 68.9 Å². The number of benzene rings is 2. The predicted octanol–water partition coefficient (Wildman–Crippen LogP) is 7.24. The summed E-state index contributed by atoms with van der Waals surface area (Å²) in [7, 11) is 2.16. The van der Waals surface area contributed by atoms with Gasteiger partial charge in [-0.25, -0.2) is 9.37 Å². The van der Waals surface area contributed by atoms with Crippen LogP contribution >= 0.6 is 0 Å². The Hall–Kier alpha value is -4.82. The lowest BCUT2D eigenvalue weighted by molar-refractivity contribution is 0.239. The zero-order chi connectivity index (χ0) is 27.9. The molecule has 204 valence electrons. The van der Waals surface area contributed by atoms with E-state index in [1.165, 1.54) is 6.07 Å². The monoisotopic (exact) mass is 543 g/mol. The molecule has 0 radical (unpaired) electrons. The third kappa shape index (κ3) is 4.76. The van der Waals surface area contributed by atoms with E-state index in [1.807, 2.05) is 48.9 Å². The second-order valence-electron chi connectivity index (χ2n) is 10.8. The number of H-pyrrole nitrogens is 2. The Kier molecular flexibility index (Phi) is 6.32. The van der Waals surface area contributed by atoms with E-state index in [4.69, 9.17) is 0 Å². The van der Waals surface area contributed by atoms with Gasteiger partial charge < -0.3 is 15.2 Å². The number of allylic oxidation sites excluding steroid dienone is 1. The van der Waals surface area contributed by atoms with Crippen molar-refractivity contribution in [2.24, 2.45) is 5.92 Å². The molecule has 5 heterocycles. The van der Waals surface area contributed by atoms with Crippen LogP contribution in [0.2, 0.25) is 0 Å². The summed E-state index contributed by atoms with van der Waals surface area (Å²) in [4.78, 5) is 15.0. The normalized spacial score (nSPS) is 14.6. The highest BCUT2D eigenvalue weighted by atomic mass is 19.1. The largest absolute Gasteiger partial charge is 0.358 e. The quantitative estimate of drug-likeness (QED) is 0.206. The van der Waals surface area contributed by atoms with Gasteiger partial charge in [0.1, 0.15) is 5.82 Å². The van der Waals surface area contributed by atoms with Crippen LogP contribution in [0.1, 0.15) is 12.8 Å². The molecule has 2 aromatic carbocycles. The van der Waals surface area contributed by atoms with Crippen molar-refractivity contribution in [3.63, 3.8) is 0 Å². The summed E-state index contributed by atoms with van der Waals surface area (Å²) in [5, 5.41) is 12.9. The Balaban J connectivity index is 1.21. The first-order chi connectivity index (χ1) is 20.0. The van der Waals surface area contributed by atoms with Gasteiger partial charge in [-0.15, -0.1) is 0 Å². The number of halogens is 1. The second-order valence-corrected chi connectivity index (χ2v) is 10.8. The maximum absolute atomic E-state index is 14.7. The van der Waals surface area contributed by atoms with Crippen LogP contribution in [0, 0.1) is 11.7 Å². The van der Waals surface area contributed by atoms with Crippen LogP contribution in [-0.4, -0.2) is 50.2 Å². The van der Waals surface area contributed by atoms with Crippen LogP contribution in [0.5, 0.6) is 0 Å². The minimum absolute atomic E-state index is 0.246. The summed E-state index contributed by atoms with van der Waals surface area (Å²) in [6, 6.07) is 18.9. The number of anilines is 1. The van der Waals surface area contributed by atoms with E-state index in [-0.39, 0.29) is 5.82 Å². The molecule has 7 rings (SSSR count). The second kappa shape index (κ2) is 10.3. The first kappa shape index (κ1) is 25.2. The summed E-state index contributed by atoms with van der Waals surface area (Å²) in [6.07, 6.45) is 7.71. The molecule has 41 heavy (non-hydrogen) atoms. The van der Waals surface area contributed by atoms with E-state index in [1.54, 1.807) is 12.1 Å². The molecule has 0 bridgehead atoms. The summed E-state index contributed by atoms with van der Waals surface area (Å²) >= 11 is 0. The molecule has 0 aliphatic carbocycles. The van der Waals surface area contributed by atoms with Gasteiger partial charge in [-0.2, -0.15) is 5.10 Å². The van der Waals surface area contributed by atoms with Crippen molar-refractivity contribution in [1.29, 1.82) is 0 Å². The molecule has 7 nitrogen and oxygen atoms in total. The van der Waals surface area contributed by atoms with Crippen molar-refractivity contribution in [2.75, 3.05) is 25.5 Å². The number of nitrogens with zero attached hydrogens (tertiary/aromatic N) is 4. The van der Waals surface area contributed by atoms with E-state index in [2.05, 4.69) is 61.1 Å². The van der Waals surface area contributed by atoms with Gasteiger partial charge in [-0.1, -0.05) is 36.9 Å². The molecular weight excluding hydrogens is 513 g/mol. The van der Waals surface area contributed by atoms with E-state index < -0.39 is 0 Å². The van der Waals surface area contributed by atoms with Gasteiger partial charge in [0.25, 0.3) is 0 Å². The molecule has 1 fully saturated rings. The average Bonchev–Trinajstić information content (AvgIpc) is 3.62. The number of likely N-dealkylation sites (tertiary alicyclic amines) is 1. The van der Waals surface area contributed by atoms with Crippen LogP contribution < -0.4 is 5.32 Å². The standard InChI is InChI=1S/C33H30FN7/c1-20(21-10-12-41(2)13-11-21)37-24-14-22(17-35-19-24)23-15-28-32(39-40-33(28)36-18-23)31-16-27-25(7-5-9-30(27)38-31)26-6-3-4-8-29(26)34/h3-9,14-19,21,37-38H,1,10-13H2,2H3,(H,36,39,40). The molecule has 1 aliphatic rings. The number of hydrogen-bond acceptors (Lipinski definition) is 5. The van der Waals surface area contributed by atoms with Crippen molar-refractivity contribution < 1.29 is 4.39 Å². The molecule has 0 atom stereocenters. The maximum atomic E-state index is 14.7. The summed E-state index contributed by atoms with van der Waals surface area (Å²) < 4.78 is 14.7. The van der Waals surface area contributed by atoms with Crippen LogP contribution in [0.15, 0.2) is 91.5 Å². The van der Waals surface area contributed by atoms with Gasteiger partial charge in [0.15, 0.2) is 5.65 Å². The van der Waals surface area contributed by atoms with Crippen LogP contribution in [0.4, 0.5) is 10.1 Å². The first-order valence-electron chi connectivity index (χ1n) is 13.8. The Morgan fingerprint density at radius 1 is 0.951 bits per heavy atom. The fourth-order valence-corrected chi connectivity index (χ4v) is 5.78. The van der Waals surface area contributed by atoms with Crippen molar-refractivity contribution in [2.45, 2.75) is 12.8 Å². The van der Waals surface area contributed by atoms with Gasteiger partial charge in [0, 0.05) is 57.0 Å². The maximum Gasteiger partial charge on any atom is 0.181 e. The lowest BCUT2D eigenvalue weighted by Crippen LogP contribution is -2.31. The van der Waals surface area contributed by atoms with Crippen LogP contribution in [0.25, 0.3) is 55.6 Å². The molecule has 0 amide bonds. The highest BCUT2D eigenvalue weighted by Crippen LogP contribution is 2.36. The van der Waals surface area contributed by atoms with Gasteiger partial charge in [0.2, 0.25) is 0 Å². The Morgan fingerprint density at radius 2 is 1.76 bits per heavy atom. The molecule has 4 aromatic heterocycles. The fraction of sp³-hybridized carbons (Fsp3) is 0.182. The van der Waals surface area contributed by atoms with Gasteiger partial charge in [0.05, 0.1) is 23.3 Å². The molecule has 3 N–H and O–H groups in total. The third-order valence-corrected chi connectivity index (χ3v) is 8.09. The number of nitrogens with one attached hydrogen (secondary N) is 3. The number of aromatic nitrogens is 5. The Labute approximate surface area is 237 Å². The van der Waals surface area contributed by atoms with Crippen molar-refractivity contribution in [3.05, 3.63) is 97.3 Å². The molecule has 0 unspecified atom stereocenters. The molecule has 0 saturated carbocycles.